The first kappa shape index (κ1) is 27.9. The monoisotopic (exact) mass is 497 g/mol. The van der Waals surface area contributed by atoms with Gasteiger partial charge in [0.1, 0.15) is 24.7 Å². The van der Waals surface area contributed by atoms with Gasteiger partial charge in [-0.2, -0.15) is 0 Å². The van der Waals surface area contributed by atoms with E-state index in [1.807, 2.05) is 31.2 Å². The van der Waals surface area contributed by atoms with Crippen molar-refractivity contribution in [1.82, 2.24) is 10.2 Å². The summed E-state index contributed by atoms with van der Waals surface area (Å²) < 4.78 is 17.4. The molecule has 0 unspecified atom stereocenters. The van der Waals surface area contributed by atoms with Crippen LogP contribution >= 0.6 is 0 Å². The second-order valence-electron chi connectivity index (χ2n) is 9.48. The number of hydrogen-bond donors (Lipinski definition) is 1. The molecule has 1 amide bonds. The number of rotatable bonds is 13. The molecule has 0 radical (unpaired) electrons. The number of carbonyl (C=O) groups excluding carboxylic acids is 1. The molecule has 36 heavy (non-hydrogen) atoms. The summed E-state index contributed by atoms with van der Waals surface area (Å²) >= 11 is 0. The van der Waals surface area contributed by atoms with Crippen molar-refractivity contribution >= 4 is 17.7 Å². The molecule has 1 atom stereocenters. The van der Waals surface area contributed by atoms with E-state index in [2.05, 4.69) is 28.7 Å². The zero-order valence-corrected chi connectivity index (χ0v) is 22.0. The molecule has 2 aliphatic rings. The number of morpholine rings is 1. The van der Waals surface area contributed by atoms with E-state index in [-0.39, 0.29) is 18.5 Å². The molecular weight excluding hydrogens is 454 g/mol. The number of hydrogen-bond acceptors (Lipinski definition) is 6. The maximum Gasteiger partial charge on any atom is 0.241 e. The zero-order chi connectivity index (χ0) is 25.6. The van der Waals surface area contributed by atoms with E-state index in [0.717, 1.165) is 55.5 Å². The third-order valence-corrected chi connectivity index (χ3v) is 6.85. The third kappa shape index (κ3) is 9.10. The Morgan fingerprint density at radius 2 is 2.03 bits per heavy atom. The smallest absolute Gasteiger partial charge is 0.241 e. The van der Waals surface area contributed by atoms with Crippen molar-refractivity contribution < 1.29 is 19.0 Å². The molecule has 1 saturated carbocycles. The highest BCUT2D eigenvalue weighted by Crippen LogP contribution is 2.30. The van der Waals surface area contributed by atoms with Crippen molar-refractivity contribution in [3.8, 4) is 11.5 Å². The molecule has 2 fully saturated rings. The van der Waals surface area contributed by atoms with E-state index in [4.69, 9.17) is 14.2 Å². The minimum atomic E-state index is -0.0454. The van der Waals surface area contributed by atoms with Crippen LogP contribution in [0.5, 0.6) is 11.5 Å². The van der Waals surface area contributed by atoms with Crippen LogP contribution in [0.15, 0.2) is 41.9 Å². The van der Waals surface area contributed by atoms with E-state index in [0.29, 0.717) is 19.1 Å². The average Bonchev–Trinajstić information content (AvgIpc) is 2.90. The number of ether oxygens (including phenoxy) is 3. The largest absolute Gasteiger partial charge is 0.494 e. The van der Waals surface area contributed by atoms with Crippen LogP contribution in [0.25, 0.3) is 5.57 Å². The van der Waals surface area contributed by atoms with Crippen LogP contribution in [0.3, 0.4) is 0 Å². The van der Waals surface area contributed by atoms with Crippen molar-refractivity contribution in [3.05, 3.63) is 42.5 Å². The first-order valence-corrected chi connectivity index (χ1v) is 13.4. The van der Waals surface area contributed by atoms with Gasteiger partial charge >= 0.3 is 0 Å². The molecule has 1 aromatic carbocycles. The van der Waals surface area contributed by atoms with Gasteiger partial charge in [0, 0.05) is 49.1 Å². The van der Waals surface area contributed by atoms with Crippen molar-refractivity contribution in [1.29, 1.82) is 0 Å². The number of allylic oxidation sites excluding steroid dienone is 3. The van der Waals surface area contributed by atoms with Gasteiger partial charge in [-0.3, -0.25) is 14.7 Å². The summed E-state index contributed by atoms with van der Waals surface area (Å²) in [6, 6.07) is 6.01. The Morgan fingerprint density at radius 3 is 2.75 bits per heavy atom. The highest BCUT2D eigenvalue weighted by atomic mass is 16.5. The van der Waals surface area contributed by atoms with Crippen LogP contribution in [0.1, 0.15) is 51.5 Å². The van der Waals surface area contributed by atoms with E-state index < -0.39 is 0 Å². The Morgan fingerprint density at radius 1 is 1.25 bits per heavy atom. The van der Waals surface area contributed by atoms with Gasteiger partial charge in [-0.05, 0) is 44.7 Å². The molecular formula is C29H43N3O4. The number of carbonyl (C=O) groups is 1. The lowest BCUT2D eigenvalue weighted by Crippen LogP contribution is -2.40. The van der Waals surface area contributed by atoms with Crippen LogP contribution in [0.2, 0.25) is 0 Å². The van der Waals surface area contributed by atoms with Gasteiger partial charge in [-0.1, -0.05) is 38.0 Å². The van der Waals surface area contributed by atoms with Gasteiger partial charge < -0.3 is 19.5 Å². The molecule has 7 heteroatoms. The van der Waals surface area contributed by atoms with Crippen molar-refractivity contribution in [3.63, 3.8) is 0 Å². The molecule has 1 aromatic rings. The topological polar surface area (TPSA) is 72.4 Å². The highest BCUT2D eigenvalue weighted by Gasteiger charge is 2.21. The molecule has 0 aromatic heterocycles. The normalized spacial score (nSPS) is 18.7. The Labute approximate surface area is 216 Å². The van der Waals surface area contributed by atoms with Gasteiger partial charge in [0.25, 0.3) is 0 Å². The van der Waals surface area contributed by atoms with E-state index in [1.165, 1.54) is 32.1 Å². The lowest BCUT2D eigenvalue weighted by molar-refractivity contribution is -0.120. The molecule has 1 aliphatic heterocycles. The maximum absolute atomic E-state index is 12.5. The Balaban J connectivity index is 1.63. The number of aliphatic imine (C=N–C) groups is 1. The van der Waals surface area contributed by atoms with E-state index in [9.17, 15) is 4.79 Å². The molecule has 1 N–H and O–H groups in total. The van der Waals surface area contributed by atoms with Gasteiger partial charge in [0.15, 0.2) is 0 Å². The van der Waals surface area contributed by atoms with Crippen molar-refractivity contribution in [2.45, 2.75) is 52.0 Å². The number of nitrogens with one attached hydrogen (secondary N) is 1. The van der Waals surface area contributed by atoms with Crippen LogP contribution in [-0.4, -0.2) is 75.7 Å². The van der Waals surface area contributed by atoms with Crippen LogP contribution in [0, 0.1) is 5.92 Å². The van der Waals surface area contributed by atoms with Crippen molar-refractivity contribution in [2.24, 2.45) is 10.9 Å². The second-order valence-corrected chi connectivity index (χ2v) is 9.48. The highest BCUT2D eigenvalue weighted by molar-refractivity contribution is 6.11. The fourth-order valence-electron chi connectivity index (χ4n) is 4.83. The molecule has 1 saturated heterocycles. The lowest BCUT2D eigenvalue weighted by atomic mass is 9.84. The lowest BCUT2D eigenvalue weighted by Gasteiger charge is -2.28. The second kappa shape index (κ2) is 15.5. The quantitative estimate of drug-likeness (QED) is 0.320. The van der Waals surface area contributed by atoms with Gasteiger partial charge in [0.05, 0.1) is 19.8 Å². The Hall–Kier alpha value is -2.64. The van der Waals surface area contributed by atoms with Gasteiger partial charge in [-0.25, -0.2) is 0 Å². The minimum absolute atomic E-state index is 0.0454. The van der Waals surface area contributed by atoms with Crippen molar-refractivity contribution in [2.75, 3.05) is 52.6 Å². The summed E-state index contributed by atoms with van der Waals surface area (Å²) in [5.41, 5.74) is 1.72. The average molecular weight is 498 g/mol. The van der Waals surface area contributed by atoms with Gasteiger partial charge in [-0.15, -0.1) is 0 Å². The molecule has 0 bridgehead atoms. The summed E-state index contributed by atoms with van der Waals surface area (Å²) in [6.07, 6.45) is 11.6. The summed E-state index contributed by atoms with van der Waals surface area (Å²) in [5, 5.41) is 3.14. The van der Waals surface area contributed by atoms with Crippen LogP contribution in [0.4, 0.5) is 0 Å². The molecule has 3 rings (SSSR count). The summed E-state index contributed by atoms with van der Waals surface area (Å²) in [7, 11) is 0. The first-order valence-electron chi connectivity index (χ1n) is 13.4. The summed E-state index contributed by atoms with van der Waals surface area (Å²) in [6.45, 7) is 13.4. The Kier molecular flexibility index (Phi) is 12.0. The predicted molar refractivity (Wildman–Crippen MR) is 146 cm³/mol. The zero-order valence-electron chi connectivity index (χ0n) is 22.0. The van der Waals surface area contributed by atoms with E-state index in [1.54, 1.807) is 12.3 Å². The molecule has 1 heterocycles. The molecule has 198 valence electrons. The van der Waals surface area contributed by atoms with Gasteiger partial charge in [0.2, 0.25) is 5.91 Å². The number of benzene rings is 1. The first-order chi connectivity index (χ1) is 17.6. The summed E-state index contributed by atoms with van der Waals surface area (Å²) in [4.78, 5) is 19.3. The maximum atomic E-state index is 12.5. The predicted octanol–water partition coefficient (Wildman–Crippen LogP) is 4.52. The van der Waals surface area contributed by atoms with Crippen LogP contribution in [-0.2, 0) is 9.53 Å². The molecule has 7 nitrogen and oxygen atoms in total. The van der Waals surface area contributed by atoms with E-state index >= 15 is 0 Å². The fraction of sp³-hybridized carbons (Fsp3) is 0.586. The SMILES string of the molecule is C=C/C=C(\C=NCC(=O)N[C@H](C)C1CCCCC1)c1ccc(OCC)cc1OCCN1CCOCC1. The minimum Gasteiger partial charge on any atom is -0.494 e. The standard InChI is InChI=1S/C29H43N3O4/c1-4-9-25(21-30-22-29(33)31-23(3)24-10-7-6-8-11-24)27-13-12-26(35-5-2)20-28(27)36-19-16-32-14-17-34-18-15-32/h4,9,12-13,20-21,23-24H,1,5-8,10-11,14-19,22H2,2-3H3,(H,31,33)/b25-9+,30-21?/t23-/m1/s1. The number of amides is 1. The summed E-state index contributed by atoms with van der Waals surface area (Å²) in [5.74, 6) is 2.01. The third-order valence-electron chi connectivity index (χ3n) is 6.85. The molecule has 0 spiro atoms. The number of nitrogens with zero attached hydrogens (tertiary/aromatic N) is 2. The fourth-order valence-corrected chi connectivity index (χ4v) is 4.83. The molecule has 1 aliphatic carbocycles. The Bertz CT molecular complexity index is 887. The van der Waals surface area contributed by atoms with Crippen LogP contribution < -0.4 is 14.8 Å².